The summed E-state index contributed by atoms with van der Waals surface area (Å²) in [6.07, 6.45) is 5.13. The fourth-order valence-electron chi connectivity index (χ4n) is 4.13. The molecule has 1 amide bonds. The van der Waals surface area contributed by atoms with Gasteiger partial charge in [-0.2, -0.15) is 5.10 Å². The Morgan fingerprint density at radius 1 is 1.29 bits per heavy atom. The van der Waals surface area contributed by atoms with E-state index >= 15 is 0 Å². The van der Waals surface area contributed by atoms with Crippen molar-refractivity contribution in [3.05, 3.63) is 17.0 Å². The first kappa shape index (κ1) is 19.3. The van der Waals surface area contributed by atoms with Gasteiger partial charge < -0.3 is 10.6 Å². The van der Waals surface area contributed by atoms with Gasteiger partial charge in [0.25, 0.3) is 0 Å². The second-order valence-electron chi connectivity index (χ2n) is 7.78. The number of fused-ring (bicyclic) bond motifs is 2. The lowest BCUT2D eigenvalue weighted by atomic mass is 9.99. The van der Waals surface area contributed by atoms with Crippen molar-refractivity contribution < 1.29 is 4.79 Å². The summed E-state index contributed by atoms with van der Waals surface area (Å²) in [6, 6.07) is 1.56. The predicted octanol–water partition coefficient (Wildman–Crippen LogP) is 2.52. The van der Waals surface area contributed by atoms with Gasteiger partial charge >= 0.3 is 0 Å². The second-order valence-corrected chi connectivity index (χ2v) is 7.78. The number of aryl methyl sites for hydroxylation is 1. The number of hydrogen-bond acceptors (Lipinski definition) is 3. The number of nitrogens with one attached hydrogen (secondary N) is 2. The van der Waals surface area contributed by atoms with Crippen molar-refractivity contribution in [3.8, 4) is 0 Å². The Hall–Kier alpha value is -1.07. The van der Waals surface area contributed by atoms with Crippen molar-refractivity contribution in [2.75, 3.05) is 0 Å². The third-order valence-electron chi connectivity index (χ3n) is 5.24. The smallest absolute Gasteiger partial charge is 0.224 e. The minimum Gasteiger partial charge on any atom is -0.353 e. The number of amides is 1. The number of nitrogens with zero attached hydrogens (tertiary/aromatic N) is 2. The molecule has 0 aromatic carbocycles. The van der Waals surface area contributed by atoms with Gasteiger partial charge in [-0.05, 0) is 45.4 Å². The number of carbonyl (C=O) groups is 1. The van der Waals surface area contributed by atoms with E-state index in [0.717, 1.165) is 36.3 Å². The molecule has 2 aliphatic heterocycles. The van der Waals surface area contributed by atoms with Crippen molar-refractivity contribution in [3.63, 3.8) is 0 Å². The number of rotatable bonds is 5. The molecule has 2 aliphatic rings. The monoisotopic (exact) mass is 354 g/mol. The first-order valence-electron chi connectivity index (χ1n) is 9.00. The molecular weight excluding hydrogens is 324 g/mol. The van der Waals surface area contributed by atoms with Crippen LogP contribution in [0, 0.1) is 19.8 Å². The molecule has 0 spiro atoms. The average molecular weight is 355 g/mol. The highest BCUT2D eigenvalue weighted by molar-refractivity contribution is 5.85. The molecule has 2 atom stereocenters. The molecule has 1 aromatic heterocycles. The summed E-state index contributed by atoms with van der Waals surface area (Å²) in [5.74, 6) is 0.700. The zero-order chi connectivity index (χ0) is 16.6. The maximum atomic E-state index is 12.5. The fraction of sp³-hybridized carbons (Fsp3) is 0.778. The van der Waals surface area contributed by atoms with Crippen molar-refractivity contribution in [1.82, 2.24) is 20.4 Å². The van der Waals surface area contributed by atoms with Gasteiger partial charge in [0.15, 0.2) is 0 Å². The molecule has 1 aromatic rings. The summed E-state index contributed by atoms with van der Waals surface area (Å²) in [5, 5.41) is 11.5. The van der Waals surface area contributed by atoms with Gasteiger partial charge in [0.05, 0.1) is 12.1 Å². The highest BCUT2D eigenvalue weighted by Crippen LogP contribution is 2.27. The van der Waals surface area contributed by atoms with Crippen LogP contribution in [0.2, 0.25) is 0 Å². The number of carbonyl (C=O) groups excluding carboxylic acids is 1. The van der Waals surface area contributed by atoms with Crippen LogP contribution in [0.4, 0.5) is 0 Å². The van der Waals surface area contributed by atoms with Crippen LogP contribution in [0.1, 0.15) is 56.5 Å². The first-order chi connectivity index (χ1) is 10.9. The minimum atomic E-state index is 0. The predicted molar refractivity (Wildman–Crippen MR) is 98.6 cm³/mol. The van der Waals surface area contributed by atoms with E-state index in [9.17, 15) is 4.79 Å². The molecule has 2 N–H and O–H groups in total. The van der Waals surface area contributed by atoms with Crippen LogP contribution in [0.25, 0.3) is 0 Å². The molecule has 2 unspecified atom stereocenters. The molecule has 0 aliphatic carbocycles. The van der Waals surface area contributed by atoms with E-state index in [-0.39, 0.29) is 18.3 Å². The lowest BCUT2D eigenvalue weighted by molar-refractivity contribution is -0.121. The number of piperidine rings is 1. The van der Waals surface area contributed by atoms with Crippen LogP contribution >= 0.6 is 12.4 Å². The van der Waals surface area contributed by atoms with E-state index in [2.05, 4.69) is 36.5 Å². The van der Waals surface area contributed by atoms with Gasteiger partial charge in [0.1, 0.15) is 0 Å². The summed E-state index contributed by atoms with van der Waals surface area (Å²) in [5.41, 5.74) is 3.22. The highest BCUT2D eigenvalue weighted by Gasteiger charge is 2.34. The third kappa shape index (κ3) is 4.31. The largest absolute Gasteiger partial charge is 0.353 e. The molecule has 2 saturated heterocycles. The SMILES string of the molecule is Cc1nn(CC(C)C)c(C)c1CC(=O)NC1CC2CCC(C1)N2.Cl. The first-order valence-corrected chi connectivity index (χ1v) is 9.00. The summed E-state index contributed by atoms with van der Waals surface area (Å²) >= 11 is 0. The molecule has 6 heteroatoms. The van der Waals surface area contributed by atoms with Crippen LogP contribution in [0.5, 0.6) is 0 Å². The van der Waals surface area contributed by atoms with Gasteiger partial charge in [-0.1, -0.05) is 13.8 Å². The summed E-state index contributed by atoms with van der Waals surface area (Å²) in [6.45, 7) is 9.38. The highest BCUT2D eigenvalue weighted by atomic mass is 35.5. The van der Waals surface area contributed by atoms with Crippen LogP contribution in [0.3, 0.4) is 0 Å². The summed E-state index contributed by atoms with van der Waals surface area (Å²) < 4.78 is 2.05. The number of hydrogen-bond donors (Lipinski definition) is 2. The lowest BCUT2D eigenvalue weighted by Crippen LogP contribution is -2.48. The van der Waals surface area contributed by atoms with E-state index in [1.807, 2.05) is 11.6 Å². The maximum absolute atomic E-state index is 12.5. The summed E-state index contributed by atoms with van der Waals surface area (Å²) in [4.78, 5) is 12.5. The Kier molecular flexibility index (Phi) is 6.32. The molecule has 0 saturated carbocycles. The van der Waals surface area contributed by atoms with Crippen LogP contribution in [-0.2, 0) is 17.8 Å². The van der Waals surface area contributed by atoms with Crippen molar-refractivity contribution in [2.24, 2.45) is 5.92 Å². The molecule has 2 fully saturated rings. The standard InChI is InChI=1S/C18H30N4O.ClH/c1-11(2)10-22-13(4)17(12(3)21-22)9-18(23)20-16-7-14-5-6-15(8-16)19-14;/h11,14-16,19H,5-10H2,1-4H3,(H,20,23);1H. The van der Waals surface area contributed by atoms with E-state index < -0.39 is 0 Å². The molecule has 5 nitrogen and oxygen atoms in total. The van der Waals surface area contributed by atoms with Crippen molar-refractivity contribution >= 4 is 18.3 Å². The second kappa shape index (κ2) is 7.87. The molecular formula is C18H31ClN4O. The van der Waals surface area contributed by atoms with Gasteiger partial charge in [-0.25, -0.2) is 0 Å². The number of halogens is 1. The zero-order valence-electron chi connectivity index (χ0n) is 15.3. The molecule has 24 heavy (non-hydrogen) atoms. The molecule has 2 bridgehead atoms. The van der Waals surface area contributed by atoms with Crippen LogP contribution in [-0.4, -0.2) is 33.8 Å². The average Bonchev–Trinajstić information content (AvgIpc) is 2.92. The zero-order valence-corrected chi connectivity index (χ0v) is 16.1. The van der Waals surface area contributed by atoms with Crippen LogP contribution in [0.15, 0.2) is 0 Å². The normalized spacial score (nSPS) is 25.6. The Morgan fingerprint density at radius 3 is 2.50 bits per heavy atom. The molecule has 136 valence electrons. The quantitative estimate of drug-likeness (QED) is 0.854. The molecule has 3 heterocycles. The third-order valence-corrected chi connectivity index (χ3v) is 5.24. The van der Waals surface area contributed by atoms with Gasteiger partial charge in [0, 0.05) is 35.9 Å². The topological polar surface area (TPSA) is 59.0 Å². The van der Waals surface area contributed by atoms with E-state index in [1.165, 1.54) is 12.8 Å². The maximum Gasteiger partial charge on any atom is 0.224 e. The Bertz CT molecular complexity index is 572. The van der Waals surface area contributed by atoms with Gasteiger partial charge in [0.2, 0.25) is 5.91 Å². The van der Waals surface area contributed by atoms with E-state index in [0.29, 0.717) is 30.5 Å². The van der Waals surface area contributed by atoms with E-state index in [4.69, 9.17) is 0 Å². The van der Waals surface area contributed by atoms with Crippen molar-refractivity contribution in [1.29, 1.82) is 0 Å². The summed E-state index contributed by atoms with van der Waals surface area (Å²) in [7, 11) is 0. The van der Waals surface area contributed by atoms with Crippen LogP contribution < -0.4 is 10.6 Å². The Labute approximate surface area is 151 Å². The Balaban J connectivity index is 0.00000208. The van der Waals surface area contributed by atoms with Gasteiger partial charge in [-0.15, -0.1) is 12.4 Å². The number of aromatic nitrogens is 2. The minimum absolute atomic E-state index is 0. The van der Waals surface area contributed by atoms with E-state index in [1.54, 1.807) is 0 Å². The molecule has 3 rings (SSSR count). The van der Waals surface area contributed by atoms with Gasteiger partial charge in [-0.3, -0.25) is 9.48 Å². The fourth-order valence-corrected chi connectivity index (χ4v) is 4.13. The Morgan fingerprint density at radius 2 is 1.92 bits per heavy atom. The van der Waals surface area contributed by atoms with Crippen molar-refractivity contribution in [2.45, 2.75) is 84.5 Å². The lowest BCUT2D eigenvalue weighted by Gasteiger charge is -2.29. The molecule has 0 radical (unpaired) electrons.